The molecule has 35 heavy (non-hydrogen) atoms. The topological polar surface area (TPSA) is 115 Å². The van der Waals surface area contributed by atoms with Crippen molar-refractivity contribution in [1.29, 1.82) is 0 Å². The molecule has 1 atom stereocenters. The number of fused-ring (bicyclic) bond motifs is 1. The van der Waals surface area contributed by atoms with Crippen LogP contribution in [0.1, 0.15) is 28.5 Å². The fourth-order valence-corrected chi connectivity index (χ4v) is 5.22. The Morgan fingerprint density at radius 3 is 2.43 bits per heavy atom. The zero-order valence-electron chi connectivity index (χ0n) is 19.8. The normalized spacial score (nSPS) is 15.5. The van der Waals surface area contributed by atoms with Crippen LogP contribution >= 0.6 is 0 Å². The highest BCUT2D eigenvalue weighted by Gasteiger charge is 2.26. The summed E-state index contributed by atoms with van der Waals surface area (Å²) in [5, 5.41) is 3.32. The number of nitrogens with zero attached hydrogens (tertiary/aromatic N) is 2. The van der Waals surface area contributed by atoms with Gasteiger partial charge in [-0.15, -0.1) is 0 Å². The lowest BCUT2D eigenvalue weighted by molar-refractivity contribution is -0.123. The number of sulfonamides is 1. The van der Waals surface area contributed by atoms with Gasteiger partial charge < -0.3 is 14.8 Å². The van der Waals surface area contributed by atoms with Gasteiger partial charge in [0.2, 0.25) is 10.0 Å². The number of aryl methyl sites for hydroxylation is 2. The molecule has 1 amide bonds. The number of nitrogens with one attached hydrogen (secondary N) is 1. The fraction of sp³-hybridized carbons (Fsp3) is 0.320. The van der Waals surface area contributed by atoms with Crippen molar-refractivity contribution in [2.75, 3.05) is 31.6 Å². The maximum absolute atomic E-state index is 12.9. The van der Waals surface area contributed by atoms with Crippen molar-refractivity contribution in [3.8, 4) is 0 Å². The molecule has 1 N–H and O–H groups in total. The van der Waals surface area contributed by atoms with Crippen molar-refractivity contribution in [3.05, 3.63) is 65.4 Å². The molecule has 1 unspecified atom stereocenters. The lowest BCUT2D eigenvalue weighted by Gasteiger charge is -2.26. The Kier molecular flexibility index (Phi) is 7.15. The Morgan fingerprint density at radius 2 is 1.74 bits per heavy atom. The summed E-state index contributed by atoms with van der Waals surface area (Å²) in [7, 11) is -3.63. The maximum Gasteiger partial charge on any atom is 0.339 e. The van der Waals surface area contributed by atoms with Crippen LogP contribution in [0.2, 0.25) is 0 Å². The van der Waals surface area contributed by atoms with Crippen LogP contribution in [-0.2, 0) is 24.3 Å². The summed E-state index contributed by atoms with van der Waals surface area (Å²) in [5.41, 5.74) is 3.04. The third-order valence-corrected chi connectivity index (χ3v) is 7.61. The molecule has 1 aliphatic heterocycles. The Bertz CT molecular complexity index is 1370. The van der Waals surface area contributed by atoms with E-state index < -0.39 is 28.0 Å². The first-order valence-electron chi connectivity index (χ1n) is 11.2. The summed E-state index contributed by atoms with van der Waals surface area (Å²) in [6.45, 7) is 6.51. The second-order valence-corrected chi connectivity index (χ2v) is 10.3. The quantitative estimate of drug-likeness (QED) is 0.521. The summed E-state index contributed by atoms with van der Waals surface area (Å²) in [4.78, 5) is 30.1. The smallest absolute Gasteiger partial charge is 0.339 e. The molecular weight excluding hydrogens is 470 g/mol. The van der Waals surface area contributed by atoms with E-state index in [1.807, 2.05) is 25.1 Å². The zero-order valence-corrected chi connectivity index (χ0v) is 20.6. The van der Waals surface area contributed by atoms with Crippen LogP contribution in [-0.4, -0.2) is 62.0 Å². The molecule has 1 fully saturated rings. The summed E-state index contributed by atoms with van der Waals surface area (Å²) in [6.07, 6.45) is -1.08. The number of benzene rings is 2. The number of hydrogen-bond acceptors (Lipinski definition) is 7. The minimum absolute atomic E-state index is 0.132. The van der Waals surface area contributed by atoms with Gasteiger partial charge in [-0.2, -0.15) is 4.31 Å². The van der Waals surface area contributed by atoms with Gasteiger partial charge in [-0.1, -0.05) is 11.6 Å². The molecule has 0 saturated carbocycles. The van der Waals surface area contributed by atoms with E-state index in [-0.39, 0.29) is 4.90 Å². The second kappa shape index (κ2) is 10.1. The van der Waals surface area contributed by atoms with Crippen LogP contribution in [0.25, 0.3) is 10.9 Å². The van der Waals surface area contributed by atoms with Crippen molar-refractivity contribution in [2.24, 2.45) is 0 Å². The Morgan fingerprint density at radius 1 is 1.06 bits per heavy atom. The molecule has 0 spiro atoms. The van der Waals surface area contributed by atoms with E-state index in [2.05, 4.69) is 10.3 Å². The van der Waals surface area contributed by atoms with Gasteiger partial charge in [0.25, 0.3) is 5.91 Å². The Balaban J connectivity index is 1.43. The standard InChI is InChI=1S/C25H27N3O6S/c1-16-4-9-23-21(14-16)22(15-17(2)26-23)25(30)34-18(3)24(29)27-19-5-7-20(8-6-19)35(31,32)28-10-12-33-13-11-28/h4-9,14-15,18H,10-13H2,1-3H3,(H,27,29). The molecule has 184 valence electrons. The Labute approximate surface area is 204 Å². The molecule has 10 heteroatoms. The van der Waals surface area contributed by atoms with E-state index in [0.717, 1.165) is 5.56 Å². The predicted octanol–water partition coefficient (Wildman–Crippen LogP) is 3.06. The van der Waals surface area contributed by atoms with E-state index in [1.165, 1.54) is 35.5 Å². The molecular formula is C25H27N3O6S. The molecule has 4 rings (SSSR count). The Hall–Kier alpha value is -3.34. The van der Waals surface area contributed by atoms with Crippen LogP contribution in [0.15, 0.2) is 53.4 Å². The predicted molar refractivity (Wildman–Crippen MR) is 131 cm³/mol. The van der Waals surface area contributed by atoms with Gasteiger partial charge in [0, 0.05) is 29.9 Å². The highest BCUT2D eigenvalue weighted by atomic mass is 32.2. The van der Waals surface area contributed by atoms with Gasteiger partial charge in [-0.3, -0.25) is 9.78 Å². The van der Waals surface area contributed by atoms with Crippen LogP contribution in [0, 0.1) is 13.8 Å². The first-order chi connectivity index (χ1) is 16.6. The van der Waals surface area contributed by atoms with Crippen molar-refractivity contribution in [3.63, 3.8) is 0 Å². The third kappa shape index (κ3) is 5.50. The fourth-order valence-electron chi connectivity index (χ4n) is 3.81. The molecule has 1 saturated heterocycles. The number of rotatable bonds is 6. The number of morpholine rings is 1. The van der Waals surface area contributed by atoms with Gasteiger partial charge >= 0.3 is 5.97 Å². The van der Waals surface area contributed by atoms with Gasteiger partial charge in [0.05, 0.1) is 29.2 Å². The van der Waals surface area contributed by atoms with E-state index >= 15 is 0 Å². The number of amides is 1. The number of esters is 1. The lowest BCUT2D eigenvalue weighted by atomic mass is 10.1. The van der Waals surface area contributed by atoms with Crippen molar-refractivity contribution >= 4 is 38.5 Å². The minimum Gasteiger partial charge on any atom is -0.449 e. The number of hydrogen-bond donors (Lipinski definition) is 1. The maximum atomic E-state index is 12.9. The summed E-state index contributed by atoms with van der Waals surface area (Å²) in [5.74, 6) is -1.16. The largest absolute Gasteiger partial charge is 0.449 e. The molecule has 0 radical (unpaired) electrons. The van der Waals surface area contributed by atoms with Gasteiger partial charge in [-0.25, -0.2) is 13.2 Å². The van der Waals surface area contributed by atoms with Crippen molar-refractivity contribution < 1.29 is 27.5 Å². The third-order valence-electron chi connectivity index (χ3n) is 5.69. The highest BCUT2D eigenvalue weighted by Crippen LogP contribution is 2.22. The van der Waals surface area contributed by atoms with Crippen molar-refractivity contribution in [2.45, 2.75) is 31.8 Å². The SMILES string of the molecule is Cc1ccc2nc(C)cc(C(=O)OC(C)C(=O)Nc3ccc(S(=O)(=O)N4CCOCC4)cc3)c2c1. The van der Waals surface area contributed by atoms with Gasteiger partial charge in [-0.05, 0) is 63.2 Å². The second-order valence-electron chi connectivity index (χ2n) is 8.41. The molecule has 0 aliphatic carbocycles. The summed E-state index contributed by atoms with van der Waals surface area (Å²) in [6, 6.07) is 13.1. The number of aromatic nitrogens is 1. The van der Waals surface area contributed by atoms with E-state index in [4.69, 9.17) is 9.47 Å². The van der Waals surface area contributed by atoms with Crippen LogP contribution in [0.5, 0.6) is 0 Å². The first-order valence-corrected chi connectivity index (χ1v) is 12.7. The number of ether oxygens (including phenoxy) is 2. The summed E-state index contributed by atoms with van der Waals surface area (Å²) < 4.78 is 37.5. The molecule has 1 aromatic heterocycles. The average molecular weight is 498 g/mol. The lowest BCUT2D eigenvalue weighted by Crippen LogP contribution is -2.40. The number of pyridine rings is 1. The number of carbonyl (C=O) groups excluding carboxylic acids is 2. The number of anilines is 1. The summed E-state index contributed by atoms with van der Waals surface area (Å²) >= 11 is 0. The first kappa shape index (κ1) is 24.8. The van der Waals surface area contributed by atoms with Gasteiger partial charge in [0.1, 0.15) is 0 Å². The molecule has 0 bridgehead atoms. The monoisotopic (exact) mass is 497 g/mol. The highest BCUT2D eigenvalue weighted by molar-refractivity contribution is 7.89. The van der Waals surface area contributed by atoms with Crippen LogP contribution in [0.4, 0.5) is 5.69 Å². The van der Waals surface area contributed by atoms with Crippen LogP contribution < -0.4 is 5.32 Å². The van der Waals surface area contributed by atoms with Gasteiger partial charge in [0.15, 0.2) is 6.10 Å². The number of carbonyl (C=O) groups is 2. The average Bonchev–Trinajstić information content (AvgIpc) is 2.84. The molecule has 2 aromatic carbocycles. The van der Waals surface area contributed by atoms with E-state index in [1.54, 1.807) is 13.0 Å². The van der Waals surface area contributed by atoms with E-state index in [9.17, 15) is 18.0 Å². The van der Waals surface area contributed by atoms with Crippen LogP contribution in [0.3, 0.4) is 0 Å². The molecule has 3 aromatic rings. The molecule has 9 nitrogen and oxygen atoms in total. The molecule has 2 heterocycles. The zero-order chi connectivity index (χ0) is 25.2. The minimum atomic E-state index is -3.63. The van der Waals surface area contributed by atoms with Crippen molar-refractivity contribution in [1.82, 2.24) is 9.29 Å². The molecule has 1 aliphatic rings. The van der Waals surface area contributed by atoms with E-state index in [0.29, 0.717) is 54.2 Å².